The van der Waals surface area contributed by atoms with E-state index in [9.17, 15) is 0 Å². The molecule has 0 radical (unpaired) electrons. The summed E-state index contributed by atoms with van der Waals surface area (Å²) in [6, 6.07) is 0. The smallest absolute Gasteiger partial charge is 0.0616 e. The summed E-state index contributed by atoms with van der Waals surface area (Å²) >= 11 is 0. The van der Waals surface area contributed by atoms with E-state index in [1.54, 1.807) is 0 Å². The van der Waals surface area contributed by atoms with Crippen molar-refractivity contribution in [2.45, 2.75) is 25.4 Å². The highest BCUT2D eigenvalue weighted by Gasteiger charge is 2.48. The number of hydrogen-bond acceptors (Lipinski definition) is 2. The molecule has 0 aromatic carbocycles. The molecule has 2 fully saturated rings. The van der Waals surface area contributed by atoms with Gasteiger partial charge in [0.25, 0.3) is 0 Å². The van der Waals surface area contributed by atoms with Crippen LogP contribution in [-0.4, -0.2) is 12.7 Å². The van der Waals surface area contributed by atoms with Crippen molar-refractivity contribution in [2.24, 2.45) is 11.1 Å². The van der Waals surface area contributed by atoms with Gasteiger partial charge in [0.15, 0.2) is 0 Å². The monoisotopic (exact) mass is 112 g/mol. The van der Waals surface area contributed by atoms with E-state index in [0.29, 0.717) is 11.6 Å². The van der Waals surface area contributed by atoms with Gasteiger partial charge in [0.1, 0.15) is 0 Å². The Morgan fingerprint density at radius 1 is 1.50 bits per heavy atom. The quantitative estimate of drug-likeness (QED) is 0.464. The standard InChI is InChI=1S/C6H12N2/c7-5-6(4-8-5)2-1-3-6/h5,8H,1-4,7H2. The summed E-state index contributed by atoms with van der Waals surface area (Å²) in [6.45, 7) is 1.17. The maximum absolute atomic E-state index is 5.71. The zero-order valence-electron chi connectivity index (χ0n) is 4.98. The van der Waals surface area contributed by atoms with Crippen LogP contribution in [0.2, 0.25) is 0 Å². The summed E-state index contributed by atoms with van der Waals surface area (Å²) < 4.78 is 0. The van der Waals surface area contributed by atoms with Crippen molar-refractivity contribution in [1.29, 1.82) is 0 Å². The highest BCUT2D eigenvalue weighted by molar-refractivity contribution is 5.03. The summed E-state index contributed by atoms with van der Waals surface area (Å²) in [5.74, 6) is 0. The minimum atomic E-state index is 0.330. The van der Waals surface area contributed by atoms with Gasteiger partial charge >= 0.3 is 0 Å². The van der Waals surface area contributed by atoms with Gasteiger partial charge in [-0.2, -0.15) is 0 Å². The first-order valence-corrected chi connectivity index (χ1v) is 3.32. The summed E-state index contributed by atoms with van der Waals surface area (Å²) in [4.78, 5) is 0. The molecule has 46 valence electrons. The van der Waals surface area contributed by atoms with E-state index in [1.807, 2.05) is 0 Å². The zero-order valence-corrected chi connectivity index (χ0v) is 4.98. The molecule has 8 heavy (non-hydrogen) atoms. The normalized spacial score (nSPS) is 40.9. The summed E-state index contributed by atoms with van der Waals surface area (Å²) in [7, 11) is 0. The lowest BCUT2D eigenvalue weighted by Crippen LogP contribution is -2.69. The van der Waals surface area contributed by atoms with Gasteiger partial charge in [-0.25, -0.2) is 0 Å². The molecule has 2 nitrogen and oxygen atoms in total. The predicted octanol–water partition coefficient (Wildman–Crippen LogP) is 0.0447. The fourth-order valence-electron chi connectivity index (χ4n) is 1.63. The van der Waals surface area contributed by atoms with Gasteiger partial charge in [-0.15, -0.1) is 0 Å². The average molecular weight is 112 g/mol. The number of hydrogen-bond donors (Lipinski definition) is 2. The van der Waals surface area contributed by atoms with E-state index in [1.165, 1.54) is 25.8 Å². The van der Waals surface area contributed by atoms with E-state index in [4.69, 9.17) is 5.73 Å². The van der Waals surface area contributed by atoms with E-state index in [0.717, 1.165) is 0 Å². The van der Waals surface area contributed by atoms with Crippen LogP contribution in [0.15, 0.2) is 0 Å². The first kappa shape index (κ1) is 4.77. The van der Waals surface area contributed by atoms with Gasteiger partial charge in [-0.1, -0.05) is 6.42 Å². The molecule has 3 N–H and O–H groups in total. The Morgan fingerprint density at radius 3 is 2.25 bits per heavy atom. The second-order valence-corrected chi connectivity index (χ2v) is 3.07. The predicted molar refractivity (Wildman–Crippen MR) is 32.3 cm³/mol. The van der Waals surface area contributed by atoms with Crippen molar-refractivity contribution in [3.05, 3.63) is 0 Å². The zero-order chi connectivity index (χ0) is 5.61. The molecule has 2 heteroatoms. The Bertz CT molecular complexity index is 102. The van der Waals surface area contributed by atoms with Gasteiger partial charge in [0.05, 0.1) is 6.17 Å². The molecule has 0 aromatic heterocycles. The van der Waals surface area contributed by atoms with Crippen LogP contribution >= 0.6 is 0 Å². The van der Waals surface area contributed by atoms with E-state index >= 15 is 0 Å². The van der Waals surface area contributed by atoms with Gasteiger partial charge in [0.2, 0.25) is 0 Å². The second-order valence-electron chi connectivity index (χ2n) is 3.07. The molecule has 2 aliphatic rings. The van der Waals surface area contributed by atoms with Crippen molar-refractivity contribution in [2.75, 3.05) is 6.54 Å². The molecule has 1 saturated carbocycles. The molecule has 1 atom stereocenters. The first-order chi connectivity index (χ1) is 3.83. The SMILES string of the molecule is NC1NCC12CCC2. The van der Waals surface area contributed by atoms with Crippen molar-refractivity contribution in [1.82, 2.24) is 5.32 Å². The third-order valence-electron chi connectivity index (χ3n) is 2.68. The van der Waals surface area contributed by atoms with E-state index in [-0.39, 0.29) is 0 Å². The summed E-state index contributed by atoms with van der Waals surface area (Å²) in [5.41, 5.74) is 6.28. The fourth-order valence-corrected chi connectivity index (χ4v) is 1.63. The Hall–Kier alpha value is -0.0800. The van der Waals surface area contributed by atoms with Gasteiger partial charge in [-0.05, 0) is 12.8 Å². The largest absolute Gasteiger partial charge is 0.315 e. The van der Waals surface area contributed by atoms with E-state index in [2.05, 4.69) is 5.32 Å². The van der Waals surface area contributed by atoms with Gasteiger partial charge in [-0.3, -0.25) is 0 Å². The van der Waals surface area contributed by atoms with Crippen molar-refractivity contribution >= 4 is 0 Å². The molecule has 1 saturated heterocycles. The molecule has 1 unspecified atom stereocenters. The van der Waals surface area contributed by atoms with E-state index < -0.39 is 0 Å². The Balaban J connectivity index is 2.03. The van der Waals surface area contributed by atoms with Gasteiger partial charge in [0, 0.05) is 12.0 Å². The number of nitrogens with one attached hydrogen (secondary N) is 1. The van der Waals surface area contributed by atoms with Crippen LogP contribution in [0.5, 0.6) is 0 Å². The molecule has 2 rings (SSSR count). The molecule has 0 bridgehead atoms. The molecule has 1 aliphatic heterocycles. The van der Waals surface area contributed by atoms with Crippen LogP contribution in [-0.2, 0) is 0 Å². The van der Waals surface area contributed by atoms with Gasteiger partial charge < -0.3 is 11.1 Å². The lowest BCUT2D eigenvalue weighted by molar-refractivity contribution is -0.000783. The summed E-state index contributed by atoms with van der Waals surface area (Å²) in [5, 5.41) is 3.18. The Kier molecular flexibility index (Phi) is 0.746. The van der Waals surface area contributed by atoms with Crippen molar-refractivity contribution in [3.8, 4) is 0 Å². The number of nitrogens with two attached hydrogens (primary N) is 1. The van der Waals surface area contributed by atoms with Crippen LogP contribution in [0.25, 0.3) is 0 Å². The average Bonchev–Trinajstić information content (AvgIpc) is 1.58. The Labute approximate surface area is 49.4 Å². The van der Waals surface area contributed by atoms with Crippen LogP contribution in [0.1, 0.15) is 19.3 Å². The van der Waals surface area contributed by atoms with Crippen LogP contribution in [0.3, 0.4) is 0 Å². The lowest BCUT2D eigenvalue weighted by atomic mass is 9.62. The number of rotatable bonds is 0. The third kappa shape index (κ3) is 0.361. The van der Waals surface area contributed by atoms with Crippen molar-refractivity contribution < 1.29 is 0 Å². The molecule has 1 aliphatic carbocycles. The van der Waals surface area contributed by atoms with Crippen LogP contribution < -0.4 is 11.1 Å². The minimum absolute atomic E-state index is 0.330. The molecular formula is C6H12N2. The minimum Gasteiger partial charge on any atom is -0.315 e. The summed E-state index contributed by atoms with van der Waals surface area (Å²) in [6.07, 6.45) is 4.45. The fraction of sp³-hybridized carbons (Fsp3) is 1.00. The highest BCUT2D eigenvalue weighted by Crippen LogP contribution is 2.46. The lowest BCUT2D eigenvalue weighted by Gasteiger charge is -2.54. The molecular weight excluding hydrogens is 100 g/mol. The Morgan fingerprint density at radius 2 is 2.25 bits per heavy atom. The van der Waals surface area contributed by atoms with Crippen LogP contribution in [0, 0.1) is 5.41 Å². The first-order valence-electron chi connectivity index (χ1n) is 3.32. The molecule has 0 amide bonds. The van der Waals surface area contributed by atoms with Crippen LogP contribution in [0.4, 0.5) is 0 Å². The highest BCUT2D eigenvalue weighted by atomic mass is 15.1. The molecule has 1 heterocycles. The second kappa shape index (κ2) is 1.25. The van der Waals surface area contributed by atoms with Crippen molar-refractivity contribution in [3.63, 3.8) is 0 Å². The topological polar surface area (TPSA) is 38.0 Å². The molecule has 1 spiro atoms. The maximum Gasteiger partial charge on any atom is 0.0616 e. The third-order valence-corrected chi connectivity index (χ3v) is 2.68. The molecule has 0 aromatic rings. The maximum atomic E-state index is 5.71.